The summed E-state index contributed by atoms with van der Waals surface area (Å²) in [5, 5.41) is 4.43. The lowest BCUT2D eigenvalue weighted by molar-refractivity contribution is 0.0736. The fourth-order valence-corrected chi connectivity index (χ4v) is 3.65. The number of aromatic nitrogens is 2. The lowest BCUT2D eigenvalue weighted by atomic mass is 10.2. The van der Waals surface area contributed by atoms with Gasteiger partial charge in [-0.15, -0.1) is 0 Å². The molecule has 3 aromatic rings. The number of carbonyl (C=O) groups is 1. The van der Waals surface area contributed by atoms with E-state index in [1.54, 1.807) is 18.0 Å². The molecule has 6 heteroatoms. The summed E-state index contributed by atoms with van der Waals surface area (Å²) >= 11 is 0. The van der Waals surface area contributed by atoms with Crippen LogP contribution in [0.3, 0.4) is 0 Å². The Morgan fingerprint density at radius 1 is 0.964 bits per heavy atom. The van der Waals surface area contributed by atoms with Crippen molar-refractivity contribution in [3.8, 4) is 11.4 Å². The first kappa shape index (κ1) is 18.1. The minimum absolute atomic E-state index is 0.0264. The average Bonchev–Trinajstić information content (AvgIpc) is 3.15. The van der Waals surface area contributed by atoms with Crippen molar-refractivity contribution in [2.75, 3.05) is 38.2 Å². The molecule has 2 aromatic carbocycles. The van der Waals surface area contributed by atoms with E-state index in [1.165, 1.54) is 0 Å². The van der Waals surface area contributed by atoms with E-state index in [2.05, 4.69) is 16.1 Å². The van der Waals surface area contributed by atoms with Crippen LogP contribution in [-0.4, -0.2) is 53.9 Å². The minimum Gasteiger partial charge on any atom is -0.495 e. The molecule has 0 unspecified atom stereocenters. The summed E-state index contributed by atoms with van der Waals surface area (Å²) in [4.78, 5) is 17.4. The Balaban J connectivity index is 1.52. The molecular weight excluding hydrogens is 352 g/mol. The van der Waals surface area contributed by atoms with Gasteiger partial charge in [0.2, 0.25) is 0 Å². The first-order valence-electron chi connectivity index (χ1n) is 9.46. The van der Waals surface area contributed by atoms with Crippen LogP contribution in [0.25, 0.3) is 5.69 Å². The predicted molar refractivity (Wildman–Crippen MR) is 109 cm³/mol. The number of rotatable bonds is 4. The second-order valence-corrected chi connectivity index (χ2v) is 6.87. The summed E-state index contributed by atoms with van der Waals surface area (Å²) in [5.74, 6) is 0.888. The lowest BCUT2D eigenvalue weighted by Crippen LogP contribution is -2.49. The van der Waals surface area contributed by atoms with Gasteiger partial charge < -0.3 is 14.5 Å². The molecule has 0 atom stereocenters. The predicted octanol–water partition coefficient (Wildman–Crippen LogP) is 3.15. The Hall–Kier alpha value is -3.28. The molecule has 4 rings (SSSR count). The molecule has 0 spiro atoms. The number of aryl methyl sites for hydroxylation is 1. The molecule has 6 nitrogen and oxygen atoms in total. The van der Waals surface area contributed by atoms with Crippen LogP contribution >= 0.6 is 0 Å². The number of ether oxygens (including phenoxy) is 1. The Morgan fingerprint density at radius 3 is 2.36 bits per heavy atom. The fraction of sp³-hybridized carbons (Fsp3) is 0.273. The summed E-state index contributed by atoms with van der Waals surface area (Å²) in [5.41, 5.74) is 3.49. The van der Waals surface area contributed by atoms with E-state index in [4.69, 9.17) is 4.74 Å². The normalized spacial score (nSPS) is 14.2. The van der Waals surface area contributed by atoms with Gasteiger partial charge in [0.1, 0.15) is 11.4 Å². The third-order valence-electron chi connectivity index (χ3n) is 5.15. The second kappa shape index (κ2) is 7.76. The van der Waals surface area contributed by atoms with Crippen LogP contribution in [0.15, 0.2) is 60.8 Å². The van der Waals surface area contributed by atoms with E-state index in [1.807, 2.05) is 60.4 Å². The lowest BCUT2D eigenvalue weighted by Gasteiger charge is -2.36. The average molecular weight is 376 g/mol. The Morgan fingerprint density at radius 2 is 1.64 bits per heavy atom. The van der Waals surface area contributed by atoms with Gasteiger partial charge in [0.25, 0.3) is 5.91 Å². The van der Waals surface area contributed by atoms with Gasteiger partial charge in [0.05, 0.1) is 24.7 Å². The molecule has 28 heavy (non-hydrogen) atoms. The van der Waals surface area contributed by atoms with Crippen molar-refractivity contribution < 1.29 is 9.53 Å². The SMILES string of the molecule is COc1ccccc1N1CCN(C(=O)c2c(C)cnn2-c2ccccc2)CC1. The van der Waals surface area contributed by atoms with Crippen LogP contribution in [0.1, 0.15) is 16.1 Å². The molecule has 0 N–H and O–H groups in total. The van der Waals surface area contributed by atoms with Crippen molar-refractivity contribution in [3.05, 3.63) is 72.1 Å². The molecule has 0 aliphatic carbocycles. The molecule has 1 fully saturated rings. The van der Waals surface area contributed by atoms with Gasteiger partial charge in [-0.1, -0.05) is 30.3 Å². The Labute approximate surface area is 164 Å². The molecule has 1 amide bonds. The quantitative estimate of drug-likeness (QED) is 0.702. The second-order valence-electron chi connectivity index (χ2n) is 6.87. The maximum absolute atomic E-state index is 13.3. The van der Waals surface area contributed by atoms with Crippen LogP contribution in [0, 0.1) is 6.92 Å². The molecule has 1 aliphatic heterocycles. The molecule has 1 aliphatic rings. The van der Waals surface area contributed by atoms with Gasteiger partial charge in [-0.2, -0.15) is 5.10 Å². The van der Waals surface area contributed by atoms with Crippen molar-refractivity contribution in [3.63, 3.8) is 0 Å². The number of para-hydroxylation sites is 3. The topological polar surface area (TPSA) is 50.6 Å². The molecule has 0 saturated carbocycles. The highest BCUT2D eigenvalue weighted by Gasteiger charge is 2.27. The van der Waals surface area contributed by atoms with E-state index in [9.17, 15) is 4.79 Å². The summed E-state index contributed by atoms with van der Waals surface area (Å²) in [6.45, 7) is 4.80. The number of hydrogen-bond acceptors (Lipinski definition) is 4. The minimum atomic E-state index is 0.0264. The number of nitrogens with zero attached hydrogens (tertiary/aromatic N) is 4. The number of methoxy groups -OCH3 is 1. The maximum atomic E-state index is 13.3. The number of hydrogen-bond donors (Lipinski definition) is 0. The zero-order valence-electron chi connectivity index (χ0n) is 16.2. The van der Waals surface area contributed by atoms with Gasteiger partial charge in [0.15, 0.2) is 0 Å². The summed E-state index contributed by atoms with van der Waals surface area (Å²) in [7, 11) is 1.69. The first-order chi connectivity index (χ1) is 13.7. The van der Waals surface area contributed by atoms with Crippen molar-refractivity contribution >= 4 is 11.6 Å². The molecule has 1 aromatic heterocycles. The third-order valence-corrected chi connectivity index (χ3v) is 5.15. The zero-order chi connectivity index (χ0) is 19.5. The van der Waals surface area contributed by atoms with E-state index < -0.39 is 0 Å². The monoisotopic (exact) mass is 376 g/mol. The molecule has 1 saturated heterocycles. The first-order valence-corrected chi connectivity index (χ1v) is 9.46. The zero-order valence-corrected chi connectivity index (χ0v) is 16.2. The van der Waals surface area contributed by atoms with Gasteiger partial charge in [-0.3, -0.25) is 4.79 Å². The Bertz CT molecular complexity index is 960. The summed E-state index contributed by atoms with van der Waals surface area (Å²) in [6, 6.07) is 17.8. The standard InChI is InChI=1S/C22H24N4O2/c1-17-16-23-26(18-8-4-3-5-9-18)21(17)22(27)25-14-12-24(13-15-25)19-10-6-7-11-20(19)28-2/h3-11,16H,12-15H2,1-2H3. The molecule has 0 radical (unpaired) electrons. The van der Waals surface area contributed by atoms with E-state index in [0.717, 1.165) is 35.8 Å². The number of anilines is 1. The summed E-state index contributed by atoms with van der Waals surface area (Å²) < 4.78 is 7.22. The summed E-state index contributed by atoms with van der Waals surface area (Å²) in [6.07, 6.45) is 1.76. The highest BCUT2D eigenvalue weighted by Crippen LogP contribution is 2.28. The fourth-order valence-electron chi connectivity index (χ4n) is 3.65. The van der Waals surface area contributed by atoms with Crippen LogP contribution in [0.5, 0.6) is 5.75 Å². The molecular formula is C22H24N4O2. The Kier molecular flexibility index (Phi) is 5.02. The van der Waals surface area contributed by atoms with Crippen LogP contribution in [0.2, 0.25) is 0 Å². The number of amides is 1. The van der Waals surface area contributed by atoms with Crippen LogP contribution in [-0.2, 0) is 0 Å². The van der Waals surface area contributed by atoms with Crippen molar-refractivity contribution in [1.82, 2.24) is 14.7 Å². The van der Waals surface area contributed by atoms with Crippen molar-refractivity contribution in [1.29, 1.82) is 0 Å². The van der Waals surface area contributed by atoms with Gasteiger partial charge in [-0.05, 0) is 31.2 Å². The number of carbonyl (C=O) groups excluding carboxylic acids is 1. The van der Waals surface area contributed by atoms with Gasteiger partial charge in [-0.25, -0.2) is 4.68 Å². The van der Waals surface area contributed by atoms with E-state index in [-0.39, 0.29) is 5.91 Å². The van der Waals surface area contributed by atoms with E-state index in [0.29, 0.717) is 18.8 Å². The maximum Gasteiger partial charge on any atom is 0.272 e. The molecule has 0 bridgehead atoms. The van der Waals surface area contributed by atoms with E-state index >= 15 is 0 Å². The smallest absolute Gasteiger partial charge is 0.272 e. The van der Waals surface area contributed by atoms with Crippen molar-refractivity contribution in [2.45, 2.75) is 6.92 Å². The van der Waals surface area contributed by atoms with Gasteiger partial charge >= 0.3 is 0 Å². The highest BCUT2D eigenvalue weighted by molar-refractivity contribution is 5.94. The number of piperazine rings is 1. The molecule has 144 valence electrons. The van der Waals surface area contributed by atoms with Crippen LogP contribution < -0.4 is 9.64 Å². The van der Waals surface area contributed by atoms with Gasteiger partial charge in [0, 0.05) is 31.7 Å². The highest BCUT2D eigenvalue weighted by atomic mass is 16.5. The third kappa shape index (κ3) is 3.33. The van der Waals surface area contributed by atoms with Crippen LogP contribution in [0.4, 0.5) is 5.69 Å². The molecule has 2 heterocycles. The largest absolute Gasteiger partial charge is 0.495 e. The number of benzene rings is 2. The van der Waals surface area contributed by atoms with Crippen molar-refractivity contribution in [2.24, 2.45) is 0 Å².